The normalized spacial score (nSPS) is 18.8. The molecule has 0 radical (unpaired) electrons. The number of nitrogens with one attached hydrogen (secondary N) is 1. The second-order valence-electron chi connectivity index (χ2n) is 4.93. The van der Waals surface area contributed by atoms with Gasteiger partial charge in [-0.25, -0.2) is 13.1 Å². The van der Waals surface area contributed by atoms with Gasteiger partial charge in [-0.2, -0.15) is 0 Å². The van der Waals surface area contributed by atoms with E-state index in [-0.39, 0.29) is 5.75 Å². The highest BCUT2D eigenvalue weighted by molar-refractivity contribution is 7.89. The predicted molar refractivity (Wildman–Crippen MR) is 80.2 cm³/mol. The summed E-state index contributed by atoms with van der Waals surface area (Å²) in [6.45, 7) is 5.14. The SMILES string of the molecule is CCS(=O)(=O)NCCN1CCC(c2cccs2)CC1. The van der Waals surface area contributed by atoms with Crippen LogP contribution >= 0.6 is 11.3 Å². The van der Waals surface area contributed by atoms with Crippen LogP contribution in [-0.2, 0) is 10.0 Å². The van der Waals surface area contributed by atoms with Crippen LogP contribution < -0.4 is 4.72 Å². The summed E-state index contributed by atoms with van der Waals surface area (Å²) in [5, 5.41) is 2.14. The van der Waals surface area contributed by atoms with Gasteiger partial charge in [0.1, 0.15) is 0 Å². The van der Waals surface area contributed by atoms with E-state index in [0.717, 1.165) is 19.6 Å². The molecule has 19 heavy (non-hydrogen) atoms. The Bertz CT molecular complexity index is 463. The average Bonchev–Trinajstić information content (AvgIpc) is 2.93. The van der Waals surface area contributed by atoms with Gasteiger partial charge in [0.15, 0.2) is 0 Å². The van der Waals surface area contributed by atoms with E-state index in [4.69, 9.17) is 0 Å². The summed E-state index contributed by atoms with van der Waals surface area (Å²) in [4.78, 5) is 3.84. The molecule has 0 aromatic carbocycles. The number of sulfonamides is 1. The van der Waals surface area contributed by atoms with Crippen LogP contribution in [0.2, 0.25) is 0 Å². The first-order valence-corrected chi connectivity index (χ1v) is 9.37. The third-order valence-electron chi connectivity index (χ3n) is 3.66. The molecule has 1 aromatic rings. The molecule has 6 heteroatoms. The number of thiophene rings is 1. The van der Waals surface area contributed by atoms with E-state index >= 15 is 0 Å². The summed E-state index contributed by atoms with van der Waals surface area (Å²) in [5.74, 6) is 0.858. The summed E-state index contributed by atoms with van der Waals surface area (Å²) in [5.41, 5.74) is 0. The Morgan fingerprint density at radius 1 is 1.42 bits per heavy atom. The van der Waals surface area contributed by atoms with Gasteiger partial charge in [0, 0.05) is 18.0 Å². The minimum Gasteiger partial charge on any atom is -0.302 e. The van der Waals surface area contributed by atoms with Crippen molar-refractivity contribution < 1.29 is 8.42 Å². The van der Waals surface area contributed by atoms with Crippen LogP contribution in [0.15, 0.2) is 17.5 Å². The zero-order valence-electron chi connectivity index (χ0n) is 11.3. The highest BCUT2D eigenvalue weighted by Crippen LogP contribution is 2.30. The zero-order chi connectivity index (χ0) is 13.7. The number of hydrogen-bond donors (Lipinski definition) is 1. The number of hydrogen-bond acceptors (Lipinski definition) is 4. The Kier molecular flexibility index (Phi) is 5.38. The largest absolute Gasteiger partial charge is 0.302 e. The van der Waals surface area contributed by atoms with Gasteiger partial charge in [0.25, 0.3) is 0 Å². The first-order chi connectivity index (χ1) is 9.11. The van der Waals surface area contributed by atoms with Crippen LogP contribution in [0.4, 0.5) is 0 Å². The van der Waals surface area contributed by atoms with Crippen molar-refractivity contribution in [1.29, 1.82) is 0 Å². The lowest BCUT2D eigenvalue weighted by atomic mass is 9.95. The lowest BCUT2D eigenvalue weighted by Gasteiger charge is -2.31. The Hall–Kier alpha value is -0.430. The maximum absolute atomic E-state index is 11.3. The van der Waals surface area contributed by atoms with Crippen LogP contribution in [0.25, 0.3) is 0 Å². The Labute approximate surface area is 119 Å². The van der Waals surface area contributed by atoms with Crippen molar-refractivity contribution in [1.82, 2.24) is 9.62 Å². The maximum Gasteiger partial charge on any atom is 0.211 e. The van der Waals surface area contributed by atoms with Crippen molar-refractivity contribution in [3.63, 3.8) is 0 Å². The molecule has 0 bridgehead atoms. The zero-order valence-corrected chi connectivity index (χ0v) is 13.0. The van der Waals surface area contributed by atoms with E-state index in [2.05, 4.69) is 27.1 Å². The molecule has 0 aliphatic carbocycles. The van der Waals surface area contributed by atoms with Gasteiger partial charge in [-0.15, -0.1) is 11.3 Å². The van der Waals surface area contributed by atoms with Gasteiger partial charge in [-0.1, -0.05) is 6.07 Å². The van der Waals surface area contributed by atoms with E-state index in [1.54, 1.807) is 6.92 Å². The van der Waals surface area contributed by atoms with Crippen LogP contribution in [0, 0.1) is 0 Å². The monoisotopic (exact) mass is 302 g/mol. The molecule has 1 aliphatic heterocycles. The van der Waals surface area contributed by atoms with Crippen molar-refractivity contribution in [2.24, 2.45) is 0 Å². The fourth-order valence-corrected chi connectivity index (χ4v) is 3.93. The van der Waals surface area contributed by atoms with E-state index in [0.29, 0.717) is 12.5 Å². The summed E-state index contributed by atoms with van der Waals surface area (Å²) in [6.07, 6.45) is 2.36. The third kappa shape index (κ3) is 4.56. The second kappa shape index (κ2) is 6.83. The number of nitrogens with zero attached hydrogens (tertiary/aromatic N) is 1. The first kappa shape index (κ1) is 15.0. The number of likely N-dealkylation sites (tertiary alicyclic amines) is 1. The molecule has 0 spiro atoms. The lowest BCUT2D eigenvalue weighted by molar-refractivity contribution is 0.217. The first-order valence-electron chi connectivity index (χ1n) is 6.84. The molecule has 1 aromatic heterocycles. The fraction of sp³-hybridized carbons (Fsp3) is 0.692. The van der Waals surface area contributed by atoms with E-state index in [1.807, 2.05) is 11.3 Å². The molecule has 1 saturated heterocycles. The molecule has 1 fully saturated rings. The highest BCUT2D eigenvalue weighted by atomic mass is 32.2. The topological polar surface area (TPSA) is 49.4 Å². The van der Waals surface area contributed by atoms with E-state index in [1.165, 1.54) is 17.7 Å². The van der Waals surface area contributed by atoms with Crippen molar-refractivity contribution >= 4 is 21.4 Å². The molecule has 2 rings (SSSR count). The van der Waals surface area contributed by atoms with Crippen LogP contribution in [0.5, 0.6) is 0 Å². The summed E-state index contributed by atoms with van der Waals surface area (Å²) in [7, 11) is -3.04. The lowest BCUT2D eigenvalue weighted by Crippen LogP contribution is -2.39. The molecule has 0 saturated carbocycles. The van der Waals surface area contributed by atoms with Gasteiger partial charge in [0.05, 0.1) is 5.75 Å². The smallest absolute Gasteiger partial charge is 0.211 e. The van der Waals surface area contributed by atoms with Crippen LogP contribution in [0.3, 0.4) is 0 Å². The fourth-order valence-electron chi connectivity index (χ4n) is 2.43. The molecule has 0 atom stereocenters. The molecular weight excluding hydrogens is 280 g/mol. The summed E-state index contributed by atoms with van der Waals surface area (Å²) < 4.78 is 25.3. The minimum absolute atomic E-state index is 0.160. The Morgan fingerprint density at radius 3 is 2.74 bits per heavy atom. The minimum atomic E-state index is -3.04. The molecule has 4 nitrogen and oxygen atoms in total. The summed E-state index contributed by atoms with van der Waals surface area (Å²) >= 11 is 1.84. The quantitative estimate of drug-likeness (QED) is 0.873. The maximum atomic E-state index is 11.3. The van der Waals surface area contributed by atoms with Gasteiger partial charge >= 0.3 is 0 Å². The van der Waals surface area contributed by atoms with Gasteiger partial charge in [0.2, 0.25) is 10.0 Å². The highest BCUT2D eigenvalue weighted by Gasteiger charge is 2.21. The molecule has 1 N–H and O–H groups in total. The number of piperidine rings is 1. The Balaban J connectivity index is 1.69. The van der Waals surface area contributed by atoms with Crippen molar-refractivity contribution in [3.8, 4) is 0 Å². The molecule has 2 heterocycles. The van der Waals surface area contributed by atoms with Gasteiger partial charge < -0.3 is 4.90 Å². The molecule has 108 valence electrons. The van der Waals surface area contributed by atoms with Crippen molar-refractivity contribution in [2.45, 2.75) is 25.7 Å². The van der Waals surface area contributed by atoms with Gasteiger partial charge in [-0.3, -0.25) is 0 Å². The van der Waals surface area contributed by atoms with E-state index < -0.39 is 10.0 Å². The molecule has 1 aliphatic rings. The molecule has 0 amide bonds. The summed E-state index contributed by atoms with van der Waals surface area (Å²) in [6, 6.07) is 4.34. The van der Waals surface area contributed by atoms with Crippen LogP contribution in [-0.4, -0.2) is 45.2 Å². The standard InChI is InChI=1S/C13H22N2O2S2/c1-2-19(16,17)14-7-10-15-8-5-12(6-9-15)13-4-3-11-18-13/h3-4,11-12,14H,2,5-10H2,1H3. The van der Waals surface area contributed by atoms with Crippen LogP contribution in [0.1, 0.15) is 30.6 Å². The van der Waals surface area contributed by atoms with Gasteiger partial charge in [-0.05, 0) is 50.2 Å². The van der Waals surface area contributed by atoms with Crippen molar-refractivity contribution in [2.75, 3.05) is 31.9 Å². The van der Waals surface area contributed by atoms with E-state index in [9.17, 15) is 8.42 Å². The third-order valence-corrected chi connectivity index (χ3v) is 6.10. The average molecular weight is 302 g/mol. The second-order valence-corrected chi connectivity index (χ2v) is 8.00. The number of rotatable bonds is 6. The predicted octanol–water partition coefficient (Wildman–Crippen LogP) is 1.87. The molecule has 0 unspecified atom stereocenters. The molecular formula is C13H22N2O2S2. The Morgan fingerprint density at radius 2 is 2.16 bits per heavy atom. The van der Waals surface area contributed by atoms with Crippen molar-refractivity contribution in [3.05, 3.63) is 22.4 Å².